The van der Waals surface area contributed by atoms with Crippen LogP contribution in [0, 0.1) is 0 Å². The van der Waals surface area contributed by atoms with Crippen LogP contribution in [-0.4, -0.2) is 19.6 Å². The predicted molar refractivity (Wildman–Crippen MR) is 132 cm³/mol. The van der Waals surface area contributed by atoms with Crippen molar-refractivity contribution in [2.75, 3.05) is 13.2 Å². The monoisotopic (exact) mass is 439 g/mol. The van der Waals surface area contributed by atoms with Crippen molar-refractivity contribution in [2.24, 2.45) is 0 Å². The zero-order chi connectivity index (χ0) is 22.7. The lowest BCUT2D eigenvalue weighted by molar-refractivity contribution is -0.110. The number of nitrogens with one attached hydrogen (secondary N) is 1. The van der Waals surface area contributed by atoms with Gasteiger partial charge in [-0.25, -0.2) is 0 Å². The van der Waals surface area contributed by atoms with Crippen LogP contribution in [0.2, 0.25) is 0 Å². The summed E-state index contributed by atoms with van der Waals surface area (Å²) < 4.78 is 11.8. The number of fused-ring (bicyclic) bond motifs is 1. The molecule has 0 aliphatic carbocycles. The molecule has 0 aliphatic rings. The van der Waals surface area contributed by atoms with Crippen molar-refractivity contribution in [3.05, 3.63) is 119 Å². The van der Waals surface area contributed by atoms with E-state index in [-0.39, 0.29) is 6.04 Å². The van der Waals surface area contributed by atoms with Crippen LogP contribution in [0.4, 0.5) is 0 Å². The standard InChI is InChI=1S/C29H29NO3/c31-22-30-29(27-9-5-2-6-10-27)21-33-20-25-12-14-26-13-11-24(17-28(26)18-25)19-32-16-15-23-7-3-1-4-8-23/h1-14,17-18,22,29H,15-16,19-21H2,(H,30,31)/t29-/m1/s1. The summed E-state index contributed by atoms with van der Waals surface area (Å²) in [4.78, 5) is 11.0. The predicted octanol–water partition coefficient (Wildman–Crippen LogP) is 5.60. The Morgan fingerprint density at radius 1 is 0.697 bits per heavy atom. The largest absolute Gasteiger partial charge is 0.376 e. The van der Waals surface area contributed by atoms with E-state index in [0.717, 1.165) is 29.5 Å². The van der Waals surface area contributed by atoms with Crippen molar-refractivity contribution >= 4 is 17.2 Å². The van der Waals surface area contributed by atoms with Gasteiger partial charge >= 0.3 is 0 Å². The molecule has 4 nitrogen and oxygen atoms in total. The molecule has 0 unspecified atom stereocenters. The first-order valence-corrected chi connectivity index (χ1v) is 11.3. The van der Waals surface area contributed by atoms with Gasteiger partial charge in [-0.2, -0.15) is 0 Å². The molecule has 168 valence electrons. The second kappa shape index (κ2) is 12.0. The summed E-state index contributed by atoms with van der Waals surface area (Å²) >= 11 is 0. The molecule has 0 spiro atoms. The van der Waals surface area contributed by atoms with Crippen molar-refractivity contribution in [3.8, 4) is 0 Å². The van der Waals surface area contributed by atoms with E-state index in [2.05, 4.69) is 66.0 Å². The molecule has 0 saturated carbocycles. The third-order valence-corrected chi connectivity index (χ3v) is 5.64. The fraction of sp³-hybridized carbons (Fsp3) is 0.207. The molecule has 0 saturated heterocycles. The topological polar surface area (TPSA) is 47.6 Å². The van der Waals surface area contributed by atoms with Crippen molar-refractivity contribution in [2.45, 2.75) is 25.7 Å². The van der Waals surface area contributed by atoms with Gasteiger partial charge in [-0.3, -0.25) is 4.79 Å². The third kappa shape index (κ3) is 6.75. The minimum Gasteiger partial charge on any atom is -0.376 e. The summed E-state index contributed by atoms with van der Waals surface area (Å²) in [6, 6.07) is 32.9. The van der Waals surface area contributed by atoms with Gasteiger partial charge in [-0.1, -0.05) is 84.9 Å². The van der Waals surface area contributed by atoms with Crippen LogP contribution >= 0.6 is 0 Å². The Hall–Kier alpha value is -3.47. The quantitative estimate of drug-likeness (QED) is 0.231. The smallest absolute Gasteiger partial charge is 0.207 e. The van der Waals surface area contributed by atoms with Gasteiger partial charge < -0.3 is 14.8 Å². The molecule has 4 rings (SSSR count). The van der Waals surface area contributed by atoms with Gasteiger partial charge in [0, 0.05) is 0 Å². The maximum atomic E-state index is 11.0. The van der Waals surface area contributed by atoms with Crippen LogP contribution in [0.1, 0.15) is 28.3 Å². The molecule has 4 aromatic carbocycles. The number of hydrogen-bond acceptors (Lipinski definition) is 3. The number of carbonyl (C=O) groups is 1. The number of hydrogen-bond donors (Lipinski definition) is 1. The fourth-order valence-corrected chi connectivity index (χ4v) is 3.85. The van der Waals surface area contributed by atoms with Crippen LogP contribution in [0.25, 0.3) is 10.8 Å². The molecule has 0 heterocycles. The molecule has 0 radical (unpaired) electrons. The zero-order valence-electron chi connectivity index (χ0n) is 18.7. The Kier molecular flexibility index (Phi) is 8.23. The summed E-state index contributed by atoms with van der Waals surface area (Å²) in [6.45, 7) is 2.20. The highest BCUT2D eigenvalue weighted by atomic mass is 16.5. The highest BCUT2D eigenvalue weighted by Gasteiger charge is 2.10. The number of carbonyl (C=O) groups excluding carboxylic acids is 1. The van der Waals surface area contributed by atoms with Crippen LogP contribution < -0.4 is 5.32 Å². The van der Waals surface area contributed by atoms with Crippen LogP contribution in [0.3, 0.4) is 0 Å². The van der Waals surface area contributed by atoms with Crippen LogP contribution in [-0.2, 0) is 33.9 Å². The zero-order valence-corrected chi connectivity index (χ0v) is 18.7. The molecule has 0 fully saturated rings. The molecule has 0 bridgehead atoms. The van der Waals surface area contributed by atoms with E-state index in [1.165, 1.54) is 16.3 Å². The van der Waals surface area contributed by atoms with Gasteiger partial charge in [0.1, 0.15) is 0 Å². The molecule has 33 heavy (non-hydrogen) atoms. The Balaban J connectivity index is 1.31. The Morgan fingerprint density at radius 2 is 1.33 bits per heavy atom. The van der Waals surface area contributed by atoms with E-state index in [0.29, 0.717) is 26.4 Å². The fourth-order valence-electron chi connectivity index (χ4n) is 3.85. The second-order valence-electron chi connectivity index (χ2n) is 8.07. The lowest BCUT2D eigenvalue weighted by Gasteiger charge is -2.17. The minimum absolute atomic E-state index is 0.163. The highest BCUT2D eigenvalue weighted by Crippen LogP contribution is 2.20. The van der Waals surface area contributed by atoms with E-state index >= 15 is 0 Å². The first-order valence-electron chi connectivity index (χ1n) is 11.3. The van der Waals surface area contributed by atoms with Gasteiger partial charge in [0.2, 0.25) is 6.41 Å². The summed E-state index contributed by atoms with van der Waals surface area (Å²) in [5.74, 6) is 0. The van der Waals surface area contributed by atoms with E-state index in [1.54, 1.807) is 0 Å². The Bertz CT molecular complexity index is 1150. The molecule has 0 aromatic heterocycles. The molecular formula is C29H29NO3. The number of amides is 1. The van der Waals surface area contributed by atoms with Crippen LogP contribution in [0.5, 0.6) is 0 Å². The molecule has 1 N–H and O–H groups in total. The maximum absolute atomic E-state index is 11.0. The van der Waals surface area contributed by atoms with Crippen molar-refractivity contribution in [3.63, 3.8) is 0 Å². The lowest BCUT2D eigenvalue weighted by atomic mass is 10.0. The number of benzene rings is 4. The molecule has 1 atom stereocenters. The Labute approximate surface area is 195 Å². The minimum atomic E-state index is -0.163. The van der Waals surface area contributed by atoms with Crippen molar-refractivity contribution in [1.29, 1.82) is 0 Å². The lowest BCUT2D eigenvalue weighted by Crippen LogP contribution is -2.24. The average molecular weight is 440 g/mol. The summed E-state index contributed by atoms with van der Waals surface area (Å²) in [6.07, 6.45) is 1.64. The average Bonchev–Trinajstić information content (AvgIpc) is 2.87. The molecule has 4 heteroatoms. The molecular weight excluding hydrogens is 410 g/mol. The Morgan fingerprint density at radius 3 is 2.00 bits per heavy atom. The summed E-state index contributed by atoms with van der Waals surface area (Å²) in [7, 11) is 0. The van der Waals surface area contributed by atoms with E-state index in [9.17, 15) is 4.79 Å². The normalized spacial score (nSPS) is 11.9. The van der Waals surface area contributed by atoms with Gasteiger partial charge in [0.05, 0.1) is 32.5 Å². The van der Waals surface area contributed by atoms with Gasteiger partial charge in [-0.15, -0.1) is 0 Å². The van der Waals surface area contributed by atoms with Gasteiger partial charge in [-0.05, 0) is 51.6 Å². The van der Waals surface area contributed by atoms with E-state index < -0.39 is 0 Å². The number of rotatable bonds is 12. The first-order chi connectivity index (χ1) is 16.3. The van der Waals surface area contributed by atoms with Crippen LogP contribution in [0.15, 0.2) is 97.1 Å². The first kappa shape index (κ1) is 22.7. The van der Waals surface area contributed by atoms with E-state index in [1.807, 2.05) is 36.4 Å². The maximum Gasteiger partial charge on any atom is 0.207 e. The van der Waals surface area contributed by atoms with Gasteiger partial charge in [0.25, 0.3) is 0 Å². The highest BCUT2D eigenvalue weighted by molar-refractivity contribution is 5.83. The molecule has 0 aliphatic heterocycles. The SMILES string of the molecule is O=CN[C@H](COCc1ccc2ccc(COCCc3ccccc3)cc2c1)c1ccccc1. The van der Waals surface area contributed by atoms with E-state index in [4.69, 9.17) is 9.47 Å². The second-order valence-corrected chi connectivity index (χ2v) is 8.07. The number of ether oxygens (including phenoxy) is 2. The van der Waals surface area contributed by atoms with Crippen molar-refractivity contribution < 1.29 is 14.3 Å². The third-order valence-electron chi connectivity index (χ3n) is 5.64. The summed E-state index contributed by atoms with van der Waals surface area (Å²) in [5, 5.41) is 5.20. The molecule has 1 amide bonds. The van der Waals surface area contributed by atoms with Gasteiger partial charge in [0.15, 0.2) is 0 Å². The van der Waals surface area contributed by atoms with Crippen molar-refractivity contribution in [1.82, 2.24) is 5.32 Å². The molecule has 4 aromatic rings. The summed E-state index contributed by atoms with van der Waals surface area (Å²) in [5.41, 5.74) is 4.58.